The van der Waals surface area contributed by atoms with Gasteiger partial charge in [-0.3, -0.25) is 9.69 Å². The number of carbonyl (C=O) groups excluding carboxylic acids is 1. The zero-order valence-electron chi connectivity index (χ0n) is 12.8. The maximum Gasteiger partial charge on any atom is 0.408 e. The number of hydrogen-bond acceptors (Lipinski definition) is 2. The summed E-state index contributed by atoms with van der Waals surface area (Å²) in [7, 11) is 0. The number of nitrogens with zero attached hydrogens (tertiary/aromatic N) is 2. The van der Waals surface area contributed by atoms with Crippen LogP contribution >= 0.6 is 11.6 Å². The molecule has 0 saturated carbocycles. The summed E-state index contributed by atoms with van der Waals surface area (Å²) in [5.74, 6) is -3.47. The van der Waals surface area contributed by atoms with Gasteiger partial charge in [0.25, 0.3) is 5.92 Å². The van der Waals surface area contributed by atoms with Crippen LogP contribution in [0.1, 0.15) is 30.9 Å². The van der Waals surface area contributed by atoms with Crippen molar-refractivity contribution < 1.29 is 23.5 Å². The second kappa shape index (κ2) is 6.20. The van der Waals surface area contributed by atoms with Crippen LogP contribution in [0.3, 0.4) is 0 Å². The van der Waals surface area contributed by atoms with Crippen molar-refractivity contribution in [2.24, 2.45) is 0 Å². The zero-order valence-corrected chi connectivity index (χ0v) is 13.5. The van der Waals surface area contributed by atoms with Crippen LogP contribution in [-0.2, 0) is 4.79 Å². The summed E-state index contributed by atoms with van der Waals surface area (Å²) in [5.41, 5.74) is 0.193. The predicted molar refractivity (Wildman–Crippen MR) is 83.2 cm³/mol. The number of carbonyl (C=O) groups is 2. The van der Waals surface area contributed by atoms with Crippen molar-refractivity contribution in [3.8, 4) is 0 Å². The lowest BCUT2D eigenvalue weighted by atomic mass is 9.88. The fourth-order valence-electron chi connectivity index (χ4n) is 3.57. The molecule has 0 aromatic heterocycles. The lowest BCUT2D eigenvalue weighted by Crippen LogP contribution is -2.58. The molecule has 24 heavy (non-hydrogen) atoms. The summed E-state index contributed by atoms with van der Waals surface area (Å²) in [5, 5.41) is 9.84. The first kappa shape index (κ1) is 17.0. The van der Waals surface area contributed by atoms with Crippen molar-refractivity contribution in [1.29, 1.82) is 0 Å². The fourth-order valence-corrected chi connectivity index (χ4v) is 3.70. The highest BCUT2D eigenvalue weighted by Crippen LogP contribution is 2.45. The van der Waals surface area contributed by atoms with Gasteiger partial charge in [-0.1, -0.05) is 23.7 Å². The van der Waals surface area contributed by atoms with E-state index < -0.39 is 30.5 Å². The Morgan fingerprint density at radius 3 is 2.50 bits per heavy atom. The van der Waals surface area contributed by atoms with Gasteiger partial charge in [-0.05, 0) is 24.1 Å². The van der Waals surface area contributed by atoms with Crippen LogP contribution < -0.4 is 0 Å². The van der Waals surface area contributed by atoms with Gasteiger partial charge in [0.15, 0.2) is 0 Å². The molecule has 2 atom stereocenters. The van der Waals surface area contributed by atoms with E-state index in [0.29, 0.717) is 24.4 Å². The maximum atomic E-state index is 14.8. The van der Waals surface area contributed by atoms with Crippen molar-refractivity contribution in [3.63, 3.8) is 0 Å². The van der Waals surface area contributed by atoms with E-state index in [0.717, 1.165) is 4.90 Å². The number of hydrogen-bond donors (Lipinski definition) is 1. The minimum absolute atomic E-state index is 0.121. The van der Waals surface area contributed by atoms with E-state index in [1.807, 2.05) is 0 Å². The van der Waals surface area contributed by atoms with Gasteiger partial charge in [0.2, 0.25) is 5.91 Å². The maximum absolute atomic E-state index is 14.8. The second-order valence-corrected chi connectivity index (χ2v) is 6.64. The topological polar surface area (TPSA) is 60.9 Å². The van der Waals surface area contributed by atoms with Crippen LogP contribution in [0.15, 0.2) is 24.3 Å². The van der Waals surface area contributed by atoms with Gasteiger partial charge < -0.3 is 10.0 Å². The first-order valence-corrected chi connectivity index (χ1v) is 8.10. The largest absolute Gasteiger partial charge is 0.465 e. The molecule has 1 aromatic rings. The van der Waals surface area contributed by atoms with Gasteiger partial charge >= 0.3 is 6.09 Å². The number of benzene rings is 1. The molecule has 2 aliphatic rings. The molecule has 2 saturated heterocycles. The van der Waals surface area contributed by atoms with E-state index in [1.54, 1.807) is 0 Å². The molecule has 2 amide bonds. The number of likely N-dealkylation sites (tertiary alicyclic amines) is 2. The molecular formula is C16H17ClF2N2O3. The van der Waals surface area contributed by atoms with Crippen molar-refractivity contribution in [2.45, 2.75) is 37.3 Å². The van der Waals surface area contributed by atoms with Crippen molar-refractivity contribution in [1.82, 2.24) is 9.80 Å². The van der Waals surface area contributed by atoms with Crippen LogP contribution in [0.2, 0.25) is 5.02 Å². The third kappa shape index (κ3) is 3.05. The van der Waals surface area contributed by atoms with Crippen molar-refractivity contribution in [3.05, 3.63) is 34.9 Å². The molecule has 8 heteroatoms. The standard InChI is InChI=1S/C16H17ClF2N2O3/c17-11-5-3-10(4-6-11)14-16(18,19)8-12(9-21(14)15(23)24)20-7-1-2-13(20)22/h3-6,12,14H,1-2,7-9H2,(H,23,24)/t12-,14?/m1/s1. The molecule has 1 aromatic carbocycles. The number of amides is 2. The average molecular weight is 359 g/mol. The molecule has 3 rings (SSSR count). The lowest BCUT2D eigenvalue weighted by molar-refractivity contribution is -0.146. The molecule has 2 fully saturated rings. The van der Waals surface area contributed by atoms with Gasteiger partial charge in [0.1, 0.15) is 6.04 Å². The monoisotopic (exact) mass is 358 g/mol. The van der Waals surface area contributed by atoms with Crippen LogP contribution in [0.4, 0.5) is 13.6 Å². The van der Waals surface area contributed by atoms with E-state index in [-0.39, 0.29) is 18.0 Å². The Balaban J connectivity index is 1.93. The summed E-state index contributed by atoms with van der Waals surface area (Å²) in [4.78, 5) is 25.6. The van der Waals surface area contributed by atoms with Crippen molar-refractivity contribution in [2.75, 3.05) is 13.1 Å². The predicted octanol–water partition coefficient (Wildman–Crippen LogP) is 3.39. The Kier molecular flexibility index (Phi) is 4.38. The highest BCUT2D eigenvalue weighted by molar-refractivity contribution is 6.30. The minimum Gasteiger partial charge on any atom is -0.465 e. The fraction of sp³-hybridized carbons (Fsp3) is 0.500. The SMILES string of the molecule is O=C(O)N1C[C@H](N2CCCC2=O)CC(F)(F)C1c1ccc(Cl)cc1. The zero-order chi connectivity index (χ0) is 17.5. The summed E-state index contributed by atoms with van der Waals surface area (Å²) in [6, 6.07) is 3.37. The molecule has 1 N–H and O–H groups in total. The second-order valence-electron chi connectivity index (χ2n) is 6.20. The lowest BCUT2D eigenvalue weighted by Gasteiger charge is -2.45. The van der Waals surface area contributed by atoms with Gasteiger partial charge in [-0.25, -0.2) is 13.6 Å². The van der Waals surface area contributed by atoms with E-state index in [2.05, 4.69) is 0 Å². The Morgan fingerprint density at radius 1 is 1.29 bits per heavy atom. The molecule has 0 spiro atoms. The number of halogens is 3. The van der Waals surface area contributed by atoms with Gasteiger partial charge in [-0.2, -0.15) is 0 Å². The molecule has 2 aliphatic heterocycles. The smallest absolute Gasteiger partial charge is 0.408 e. The quantitative estimate of drug-likeness (QED) is 0.881. The Bertz CT molecular complexity index is 653. The highest BCUT2D eigenvalue weighted by atomic mass is 35.5. The molecule has 130 valence electrons. The van der Waals surface area contributed by atoms with E-state index in [9.17, 15) is 23.5 Å². The first-order chi connectivity index (χ1) is 11.3. The number of piperidine rings is 1. The molecule has 0 aliphatic carbocycles. The minimum atomic E-state index is -3.28. The third-order valence-corrected chi connectivity index (χ3v) is 4.86. The molecule has 0 radical (unpaired) electrons. The Labute approximate surface area is 142 Å². The Hall–Kier alpha value is -1.89. The molecule has 5 nitrogen and oxygen atoms in total. The first-order valence-electron chi connectivity index (χ1n) is 7.72. The number of rotatable bonds is 2. The van der Waals surface area contributed by atoms with Crippen LogP contribution in [0.5, 0.6) is 0 Å². The molecule has 2 heterocycles. The summed E-state index contributed by atoms with van der Waals surface area (Å²) < 4.78 is 29.6. The highest BCUT2D eigenvalue weighted by Gasteiger charge is 2.53. The van der Waals surface area contributed by atoms with E-state index in [1.165, 1.54) is 29.2 Å². The van der Waals surface area contributed by atoms with Gasteiger partial charge in [0.05, 0.1) is 6.04 Å². The van der Waals surface area contributed by atoms with Gasteiger partial charge in [-0.15, -0.1) is 0 Å². The van der Waals surface area contributed by atoms with Gasteiger partial charge in [0, 0.05) is 31.0 Å². The number of carboxylic acid groups (broad SMARTS) is 1. The average Bonchev–Trinajstić information content (AvgIpc) is 2.93. The molecule has 1 unspecified atom stereocenters. The van der Waals surface area contributed by atoms with Crippen LogP contribution in [0, 0.1) is 0 Å². The van der Waals surface area contributed by atoms with E-state index >= 15 is 0 Å². The summed E-state index contributed by atoms with van der Waals surface area (Å²) >= 11 is 5.78. The van der Waals surface area contributed by atoms with Crippen LogP contribution in [-0.4, -0.2) is 52.0 Å². The third-order valence-electron chi connectivity index (χ3n) is 4.61. The Morgan fingerprint density at radius 2 is 1.96 bits per heavy atom. The summed E-state index contributed by atoms with van der Waals surface area (Å²) in [6.07, 6.45) is -1.02. The molecule has 0 bridgehead atoms. The van der Waals surface area contributed by atoms with Crippen LogP contribution in [0.25, 0.3) is 0 Å². The van der Waals surface area contributed by atoms with E-state index in [4.69, 9.17) is 11.6 Å². The van der Waals surface area contributed by atoms with Crippen molar-refractivity contribution >= 4 is 23.6 Å². The molecular weight excluding hydrogens is 342 g/mol. The number of alkyl halides is 2. The normalized spacial score (nSPS) is 26.7. The summed E-state index contributed by atoms with van der Waals surface area (Å²) in [6.45, 7) is 0.280.